The highest BCUT2D eigenvalue weighted by Gasteiger charge is 2.26. The molecule has 1 amide bonds. The van der Waals surface area contributed by atoms with Crippen molar-refractivity contribution in [2.75, 3.05) is 13.1 Å². The molecule has 0 spiro atoms. The molecule has 20 heavy (non-hydrogen) atoms. The van der Waals surface area contributed by atoms with Crippen molar-refractivity contribution in [1.82, 2.24) is 4.90 Å². The van der Waals surface area contributed by atoms with Crippen molar-refractivity contribution in [2.24, 2.45) is 5.92 Å². The fourth-order valence-corrected chi connectivity index (χ4v) is 2.69. The monoisotopic (exact) mass is 275 g/mol. The highest BCUT2D eigenvalue weighted by atomic mass is 16.5. The molecular formula is C17H25NO2. The summed E-state index contributed by atoms with van der Waals surface area (Å²) in [5, 5.41) is 0. The second-order valence-electron chi connectivity index (χ2n) is 6.04. The first-order valence-corrected chi connectivity index (χ1v) is 7.50. The molecule has 0 N–H and O–H groups in total. The van der Waals surface area contributed by atoms with E-state index in [0.29, 0.717) is 5.92 Å². The van der Waals surface area contributed by atoms with Gasteiger partial charge >= 0.3 is 0 Å². The molecule has 0 bridgehead atoms. The molecular weight excluding hydrogens is 250 g/mol. The molecule has 1 aromatic rings. The molecule has 0 aliphatic carbocycles. The van der Waals surface area contributed by atoms with Crippen molar-refractivity contribution in [3.63, 3.8) is 0 Å². The van der Waals surface area contributed by atoms with Crippen molar-refractivity contribution >= 4 is 5.91 Å². The molecule has 1 aromatic carbocycles. The number of ether oxygens (including phenoxy) is 1. The Labute approximate surface area is 121 Å². The lowest BCUT2D eigenvalue weighted by Crippen LogP contribution is -2.45. The van der Waals surface area contributed by atoms with Crippen molar-refractivity contribution in [3.05, 3.63) is 29.3 Å². The molecule has 0 radical (unpaired) electrons. The normalized spacial score (nSPS) is 20.6. The summed E-state index contributed by atoms with van der Waals surface area (Å²) in [5.41, 5.74) is 2.43. The number of rotatable bonds is 3. The molecule has 110 valence electrons. The van der Waals surface area contributed by atoms with Crippen LogP contribution >= 0.6 is 0 Å². The third-order valence-electron chi connectivity index (χ3n) is 4.11. The minimum atomic E-state index is -0.414. The predicted molar refractivity (Wildman–Crippen MR) is 81.0 cm³/mol. The molecule has 2 rings (SSSR count). The molecule has 1 aliphatic rings. The lowest BCUT2D eigenvalue weighted by Gasteiger charge is -2.32. The van der Waals surface area contributed by atoms with Crippen LogP contribution in [0.1, 0.15) is 37.8 Å². The molecule has 0 aromatic heterocycles. The van der Waals surface area contributed by atoms with Gasteiger partial charge in [-0.1, -0.05) is 13.0 Å². The molecule has 1 fully saturated rings. The average molecular weight is 275 g/mol. The van der Waals surface area contributed by atoms with Gasteiger partial charge in [-0.3, -0.25) is 4.79 Å². The summed E-state index contributed by atoms with van der Waals surface area (Å²) in [6.07, 6.45) is 1.90. The van der Waals surface area contributed by atoms with Gasteiger partial charge in [0.05, 0.1) is 0 Å². The standard InChI is InChI=1S/C17H25NO2/c1-12-6-5-9-18(11-12)17(19)15(4)20-16-8-7-13(2)14(3)10-16/h7-8,10,12,15H,5-6,9,11H2,1-4H3/t12-,15+/m1/s1. The summed E-state index contributed by atoms with van der Waals surface area (Å²) in [7, 11) is 0. The van der Waals surface area contributed by atoms with Gasteiger partial charge in [0.2, 0.25) is 0 Å². The number of amides is 1. The molecule has 3 nitrogen and oxygen atoms in total. The van der Waals surface area contributed by atoms with E-state index in [-0.39, 0.29) is 5.91 Å². The van der Waals surface area contributed by atoms with E-state index in [1.165, 1.54) is 17.5 Å². The third kappa shape index (κ3) is 3.53. The van der Waals surface area contributed by atoms with Crippen LogP contribution in [0, 0.1) is 19.8 Å². The number of carbonyl (C=O) groups excluding carboxylic acids is 1. The Morgan fingerprint density at radius 3 is 2.75 bits per heavy atom. The van der Waals surface area contributed by atoms with Crippen LogP contribution in [-0.4, -0.2) is 30.0 Å². The van der Waals surface area contributed by atoms with Crippen molar-refractivity contribution in [1.29, 1.82) is 0 Å². The third-order valence-corrected chi connectivity index (χ3v) is 4.11. The minimum absolute atomic E-state index is 0.106. The Kier molecular flexibility index (Phi) is 4.69. The average Bonchev–Trinajstić information content (AvgIpc) is 2.42. The van der Waals surface area contributed by atoms with Gasteiger partial charge in [-0.05, 0) is 62.8 Å². The summed E-state index contributed by atoms with van der Waals surface area (Å²) in [6.45, 7) is 9.90. The minimum Gasteiger partial charge on any atom is -0.481 e. The Morgan fingerprint density at radius 1 is 1.35 bits per heavy atom. The van der Waals surface area contributed by atoms with E-state index < -0.39 is 6.10 Å². The zero-order valence-corrected chi connectivity index (χ0v) is 13.0. The van der Waals surface area contributed by atoms with Crippen molar-refractivity contribution in [2.45, 2.75) is 46.6 Å². The van der Waals surface area contributed by atoms with Gasteiger partial charge in [-0.15, -0.1) is 0 Å². The molecule has 3 heteroatoms. The smallest absolute Gasteiger partial charge is 0.263 e. The molecule has 2 atom stereocenters. The maximum Gasteiger partial charge on any atom is 0.263 e. The molecule has 0 saturated carbocycles. The van der Waals surface area contributed by atoms with Gasteiger partial charge in [-0.2, -0.15) is 0 Å². The first kappa shape index (κ1) is 14.9. The Hall–Kier alpha value is -1.51. The number of hydrogen-bond acceptors (Lipinski definition) is 2. The molecule has 1 heterocycles. The van der Waals surface area contributed by atoms with E-state index >= 15 is 0 Å². The number of piperidine rings is 1. The Morgan fingerprint density at radius 2 is 2.10 bits per heavy atom. The predicted octanol–water partition coefficient (Wildman–Crippen LogP) is 3.33. The molecule has 1 saturated heterocycles. The van der Waals surface area contributed by atoms with Gasteiger partial charge < -0.3 is 9.64 Å². The SMILES string of the molecule is Cc1ccc(O[C@@H](C)C(=O)N2CCC[C@@H](C)C2)cc1C. The van der Waals surface area contributed by atoms with Crippen LogP contribution in [0.5, 0.6) is 5.75 Å². The van der Waals surface area contributed by atoms with Crippen LogP contribution in [-0.2, 0) is 4.79 Å². The van der Waals surface area contributed by atoms with Gasteiger partial charge in [0.1, 0.15) is 5.75 Å². The van der Waals surface area contributed by atoms with Gasteiger partial charge in [0, 0.05) is 13.1 Å². The second kappa shape index (κ2) is 6.29. The maximum atomic E-state index is 12.4. The van der Waals surface area contributed by atoms with Crippen LogP contribution in [0.2, 0.25) is 0 Å². The lowest BCUT2D eigenvalue weighted by molar-refractivity contribution is -0.139. The van der Waals surface area contributed by atoms with Crippen LogP contribution in [0.4, 0.5) is 0 Å². The first-order chi connectivity index (χ1) is 9.47. The van der Waals surface area contributed by atoms with Gasteiger partial charge in [0.15, 0.2) is 6.10 Å². The Balaban J connectivity index is 1.98. The van der Waals surface area contributed by atoms with E-state index in [0.717, 1.165) is 25.3 Å². The first-order valence-electron chi connectivity index (χ1n) is 7.50. The second-order valence-corrected chi connectivity index (χ2v) is 6.04. The number of likely N-dealkylation sites (tertiary alicyclic amines) is 1. The Bertz CT molecular complexity index is 484. The van der Waals surface area contributed by atoms with Crippen LogP contribution in [0.3, 0.4) is 0 Å². The summed E-state index contributed by atoms with van der Waals surface area (Å²) in [5.74, 6) is 1.48. The van der Waals surface area contributed by atoms with Crippen molar-refractivity contribution in [3.8, 4) is 5.75 Å². The highest BCUT2D eigenvalue weighted by Crippen LogP contribution is 2.20. The maximum absolute atomic E-state index is 12.4. The quantitative estimate of drug-likeness (QED) is 0.847. The van der Waals surface area contributed by atoms with Crippen LogP contribution in [0.25, 0.3) is 0 Å². The largest absolute Gasteiger partial charge is 0.481 e. The number of benzene rings is 1. The van der Waals surface area contributed by atoms with Crippen molar-refractivity contribution < 1.29 is 9.53 Å². The number of aryl methyl sites for hydroxylation is 2. The van der Waals surface area contributed by atoms with E-state index in [2.05, 4.69) is 20.8 Å². The molecule has 1 aliphatic heterocycles. The summed E-state index contributed by atoms with van der Waals surface area (Å²) in [4.78, 5) is 14.3. The number of carbonyl (C=O) groups is 1. The highest BCUT2D eigenvalue weighted by molar-refractivity contribution is 5.81. The zero-order valence-electron chi connectivity index (χ0n) is 13.0. The van der Waals surface area contributed by atoms with E-state index in [1.807, 2.05) is 30.0 Å². The zero-order chi connectivity index (χ0) is 14.7. The van der Waals surface area contributed by atoms with Gasteiger partial charge in [0.25, 0.3) is 5.91 Å². The van der Waals surface area contributed by atoms with E-state index in [4.69, 9.17) is 4.74 Å². The van der Waals surface area contributed by atoms with Crippen LogP contribution < -0.4 is 4.74 Å². The fourth-order valence-electron chi connectivity index (χ4n) is 2.69. The van der Waals surface area contributed by atoms with E-state index in [1.54, 1.807) is 0 Å². The topological polar surface area (TPSA) is 29.5 Å². The lowest BCUT2D eigenvalue weighted by atomic mass is 10.00. The van der Waals surface area contributed by atoms with E-state index in [9.17, 15) is 4.79 Å². The summed E-state index contributed by atoms with van der Waals surface area (Å²) < 4.78 is 5.81. The summed E-state index contributed by atoms with van der Waals surface area (Å²) in [6, 6.07) is 5.97. The molecule has 0 unspecified atom stereocenters. The fraction of sp³-hybridized carbons (Fsp3) is 0.588. The van der Waals surface area contributed by atoms with Gasteiger partial charge in [-0.25, -0.2) is 0 Å². The number of hydrogen-bond donors (Lipinski definition) is 0. The van der Waals surface area contributed by atoms with Crippen LogP contribution in [0.15, 0.2) is 18.2 Å². The summed E-state index contributed by atoms with van der Waals surface area (Å²) >= 11 is 0. The number of nitrogens with zero attached hydrogens (tertiary/aromatic N) is 1.